The number of fused-ring (bicyclic) bond motifs is 1. The summed E-state index contributed by atoms with van der Waals surface area (Å²) in [6.07, 6.45) is 3.18. The lowest BCUT2D eigenvalue weighted by Gasteiger charge is -2.15. The van der Waals surface area contributed by atoms with Crippen LogP contribution in [-0.2, 0) is 38.9 Å². The third kappa shape index (κ3) is 8.27. The number of nitrogens with one attached hydrogen (secondary N) is 4. The number of carbonyl (C=O) groups excluding carboxylic acids is 3. The molecule has 0 heterocycles. The summed E-state index contributed by atoms with van der Waals surface area (Å²) in [6, 6.07) is 16.4. The zero-order valence-corrected chi connectivity index (χ0v) is 24.7. The highest BCUT2D eigenvalue weighted by Crippen LogP contribution is 2.27. The van der Waals surface area contributed by atoms with Crippen molar-refractivity contribution < 1.29 is 27.5 Å². The molecule has 4 rings (SSSR count). The largest absolute Gasteiger partial charge is 0.426 e. The van der Waals surface area contributed by atoms with Gasteiger partial charge in [0.15, 0.2) is 0 Å². The molecular weight excluding hydrogens is 570 g/mol. The average Bonchev–Trinajstić information content (AvgIpc) is 3.45. The van der Waals surface area contributed by atoms with Crippen molar-refractivity contribution >= 4 is 39.3 Å². The summed E-state index contributed by atoms with van der Waals surface area (Å²) in [5.74, 6) is -0.981. The summed E-state index contributed by atoms with van der Waals surface area (Å²) >= 11 is 0. The number of amidine groups is 1. The highest BCUT2D eigenvalue weighted by molar-refractivity contribution is 7.89. The smallest absolute Gasteiger partial charge is 0.312 e. The molecule has 3 aromatic carbocycles. The summed E-state index contributed by atoms with van der Waals surface area (Å²) in [5.41, 5.74) is 9.48. The minimum absolute atomic E-state index is 0.00194. The van der Waals surface area contributed by atoms with Crippen LogP contribution in [0, 0.1) is 5.41 Å². The minimum atomic E-state index is -3.99. The number of anilines is 1. The molecule has 226 valence electrons. The number of sulfonamides is 1. The van der Waals surface area contributed by atoms with Crippen molar-refractivity contribution in [1.82, 2.24) is 10.0 Å². The van der Waals surface area contributed by atoms with Gasteiger partial charge in [-0.05, 0) is 78.8 Å². The molecule has 0 saturated heterocycles. The van der Waals surface area contributed by atoms with E-state index in [2.05, 4.69) is 15.4 Å². The van der Waals surface area contributed by atoms with E-state index in [0.717, 1.165) is 19.3 Å². The van der Waals surface area contributed by atoms with E-state index in [1.807, 2.05) is 12.1 Å². The van der Waals surface area contributed by atoms with Crippen LogP contribution < -0.4 is 25.8 Å². The zero-order chi connectivity index (χ0) is 31.0. The van der Waals surface area contributed by atoms with Crippen LogP contribution in [0.4, 0.5) is 5.69 Å². The molecule has 1 aliphatic carbocycles. The Morgan fingerprint density at radius 3 is 2.37 bits per heavy atom. The number of carbonyl (C=O) groups is 3. The van der Waals surface area contributed by atoms with Gasteiger partial charge in [-0.2, -0.15) is 0 Å². The lowest BCUT2D eigenvalue weighted by atomic mass is 10.1. The predicted octanol–water partition coefficient (Wildman–Crippen LogP) is 3.05. The molecule has 0 unspecified atom stereocenters. The van der Waals surface area contributed by atoms with E-state index >= 15 is 0 Å². The molecule has 0 aromatic heterocycles. The van der Waals surface area contributed by atoms with Gasteiger partial charge in [0.25, 0.3) is 5.91 Å². The van der Waals surface area contributed by atoms with E-state index in [9.17, 15) is 22.8 Å². The van der Waals surface area contributed by atoms with Crippen LogP contribution in [0.3, 0.4) is 0 Å². The van der Waals surface area contributed by atoms with E-state index < -0.39 is 21.9 Å². The molecular formula is C31H35N5O6S. The lowest BCUT2D eigenvalue weighted by molar-refractivity contribution is -0.134. The van der Waals surface area contributed by atoms with Gasteiger partial charge in [-0.15, -0.1) is 0 Å². The maximum atomic E-state index is 13.1. The molecule has 6 N–H and O–H groups in total. The van der Waals surface area contributed by atoms with Crippen LogP contribution >= 0.6 is 0 Å². The van der Waals surface area contributed by atoms with Gasteiger partial charge >= 0.3 is 5.97 Å². The number of nitrogens with two attached hydrogens (primary N) is 1. The number of hydrogen-bond acceptors (Lipinski definition) is 7. The number of aryl methyl sites for hydroxylation is 2. The average molecular weight is 606 g/mol. The number of benzene rings is 3. The van der Waals surface area contributed by atoms with Crippen molar-refractivity contribution in [2.75, 3.05) is 18.4 Å². The maximum Gasteiger partial charge on any atom is 0.312 e. The molecule has 43 heavy (non-hydrogen) atoms. The Balaban J connectivity index is 1.28. The second kappa shape index (κ2) is 14.1. The fourth-order valence-corrected chi connectivity index (χ4v) is 6.23. The lowest BCUT2D eigenvalue weighted by Crippen LogP contribution is -2.29. The molecule has 0 fully saturated rings. The molecule has 1 aliphatic rings. The predicted molar refractivity (Wildman–Crippen MR) is 163 cm³/mol. The zero-order valence-electron chi connectivity index (χ0n) is 23.9. The first kappa shape index (κ1) is 31.4. The second-order valence-electron chi connectivity index (χ2n) is 10.1. The molecule has 12 heteroatoms. The van der Waals surface area contributed by atoms with Crippen molar-refractivity contribution in [2.24, 2.45) is 5.73 Å². The van der Waals surface area contributed by atoms with E-state index in [-0.39, 0.29) is 42.6 Å². The first-order valence-electron chi connectivity index (χ1n) is 14.0. The Morgan fingerprint density at radius 1 is 0.930 bits per heavy atom. The van der Waals surface area contributed by atoms with Gasteiger partial charge in [0.2, 0.25) is 15.9 Å². The van der Waals surface area contributed by atoms with Crippen LogP contribution in [0.1, 0.15) is 58.8 Å². The van der Waals surface area contributed by atoms with Crippen LogP contribution in [0.25, 0.3) is 0 Å². The van der Waals surface area contributed by atoms with Gasteiger partial charge in [-0.3, -0.25) is 19.8 Å². The van der Waals surface area contributed by atoms with Crippen molar-refractivity contribution in [2.45, 2.75) is 50.3 Å². The van der Waals surface area contributed by atoms with Crippen LogP contribution in [-0.4, -0.2) is 45.1 Å². The van der Waals surface area contributed by atoms with Gasteiger partial charge in [-0.1, -0.05) is 31.2 Å². The van der Waals surface area contributed by atoms with E-state index in [4.69, 9.17) is 15.9 Å². The van der Waals surface area contributed by atoms with E-state index in [1.54, 1.807) is 31.2 Å². The fraction of sp³-hybridized carbons (Fsp3) is 0.290. The standard InChI is InChI=1S/C31H35N5O6S/c1-2-25-26(36-28(37)15-17-34-31(39)22-11-9-21(10-12-22)30(32)33)7-4-8-27(25)43(40,41)35-18-16-29(38)42-24-14-13-20-5-3-6-23(20)19-24/h4,7-14,19,35H,2-3,5-6,15-18H2,1H3,(H3,32,33)(H,34,39)(H,36,37). The van der Waals surface area contributed by atoms with Crippen molar-refractivity contribution in [3.8, 4) is 5.75 Å². The fourth-order valence-electron chi connectivity index (χ4n) is 4.86. The van der Waals surface area contributed by atoms with Crippen molar-refractivity contribution in [3.05, 3.63) is 88.5 Å². The first-order valence-corrected chi connectivity index (χ1v) is 15.5. The highest BCUT2D eigenvalue weighted by atomic mass is 32.2. The number of rotatable bonds is 13. The molecule has 0 aliphatic heterocycles. The van der Waals surface area contributed by atoms with Crippen LogP contribution in [0.5, 0.6) is 5.75 Å². The molecule has 2 amide bonds. The number of ether oxygens (including phenoxy) is 1. The third-order valence-corrected chi connectivity index (χ3v) is 8.61. The topological polar surface area (TPSA) is 181 Å². The molecule has 0 bridgehead atoms. The highest BCUT2D eigenvalue weighted by Gasteiger charge is 2.21. The molecule has 11 nitrogen and oxygen atoms in total. The van der Waals surface area contributed by atoms with Crippen molar-refractivity contribution in [1.29, 1.82) is 5.41 Å². The normalized spacial score (nSPS) is 12.3. The second-order valence-corrected chi connectivity index (χ2v) is 11.8. The minimum Gasteiger partial charge on any atom is -0.426 e. The van der Waals surface area contributed by atoms with E-state index in [0.29, 0.717) is 34.5 Å². The van der Waals surface area contributed by atoms with Gasteiger partial charge in [0, 0.05) is 36.3 Å². The monoisotopic (exact) mass is 605 g/mol. The number of amides is 2. The Labute approximate surface area is 250 Å². The number of nitrogen functional groups attached to an aromatic ring is 1. The first-order chi connectivity index (χ1) is 20.6. The SMILES string of the molecule is CCc1c(NC(=O)CCNC(=O)c2ccc(C(=N)N)cc2)cccc1S(=O)(=O)NCCC(=O)Oc1ccc2c(c1)CCC2. The summed E-state index contributed by atoms with van der Waals surface area (Å²) in [5, 5.41) is 12.8. The summed E-state index contributed by atoms with van der Waals surface area (Å²) in [4.78, 5) is 37.3. The third-order valence-electron chi connectivity index (χ3n) is 7.07. The summed E-state index contributed by atoms with van der Waals surface area (Å²) < 4.78 is 34.1. The van der Waals surface area contributed by atoms with Crippen LogP contribution in [0.2, 0.25) is 0 Å². The summed E-state index contributed by atoms with van der Waals surface area (Å²) in [7, 11) is -3.99. The Morgan fingerprint density at radius 2 is 1.65 bits per heavy atom. The Bertz CT molecular complexity index is 1640. The Kier molecular flexibility index (Phi) is 10.3. The molecule has 0 radical (unpaired) electrons. The van der Waals surface area contributed by atoms with Gasteiger partial charge < -0.3 is 21.1 Å². The quantitative estimate of drug-likeness (QED) is 0.0859. The molecule has 3 aromatic rings. The van der Waals surface area contributed by atoms with Gasteiger partial charge in [0.05, 0.1) is 11.3 Å². The molecule has 0 spiro atoms. The Hall–Kier alpha value is -4.55. The molecule has 0 atom stereocenters. The van der Waals surface area contributed by atoms with Crippen LogP contribution in [0.15, 0.2) is 65.6 Å². The van der Waals surface area contributed by atoms with Crippen molar-refractivity contribution in [3.63, 3.8) is 0 Å². The number of esters is 1. The van der Waals surface area contributed by atoms with E-state index in [1.165, 1.54) is 35.4 Å². The number of hydrogen-bond donors (Lipinski definition) is 5. The van der Waals surface area contributed by atoms with Gasteiger partial charge in [-0.25, -0.2) is 13.1 Å². The van der Waals surface area contributed by atoms with Gasteiger partial charge in [0.1, 0.15) is 11.6 Å². The maximum absolute atomic E-state index is 13.1. The molecule has 0 saturated carbocycles. The summed E-state index contributed by atoms with van der Waals surface area (Å²) in [6.45, 7) is 1.68.